The van der Waals surface area contributed by atoms with E-state index < -0.39 is 17.9 Å². The van der Waals surface area contributed by atoms with Crippen molar-refractivity contribution >= 4 is 41.3 Å². The van der Waals surface area contributed by atoms with Gasteiger partial charge in [0.1, 0.15) is 18.0 Å². The molecule has 3 rings (SSSR count). The van der Waals surface area contributed by atoms with Crippen LogP contribution in [0.15, 0.2) is 29.1 Å². The van der Waals surface area contributed by atoms with Crippen LogP contribution in [0.3, 0.4) is 0 Å². The molecule has 0 radical (unpaired) electrons. The SMILES string of the molecule is CN1c2c(nc(N)[nH]c2=O)NCC1CNc1ccc(C(=O)NC(CCC=O)C(=O)O)cc1. The third kappa shape index (κ3) is 5.14. The van der Waals surface area contributed by atoms with E-state index in [1.54, 1.807) is 31.3 Å². The van der Waals surface area contributed by atoms with E-state index in [0.717, 1.165) is 5.69 Å². The Bertz CT molecular complexity index is 1050. The molecular weight excluding hydrogens is 418 g/mol. The average Bonchev–Trinajstić information content (AvgIpc) is 2.75. The Labute approximate surface area is 183 Å². The first-order valence-corrected chi connectivity index (χ1v) is 9.98. The fourth-order valence-electron chi connectivity index (χ4n) is 3.39. The molecule has 7 N–H and O–H groups in total. The second-order valence-electron chi connectivity index (χ2n) is 7.36. The molecule has 2 aromatic rings. The van der Waals surface area contributed by atoms with Gasteiger partial charge in [-0.05, 0) is 30.7 Å². The first kappa shape index (κ1) is 22.6. The molecule has 0 saturated carbocycles. The van der Waals surface area contributed by atoms with E-state index in [2.05, 4.69) is 25.9 Å². The van der Waals surface area contributed by atoms with Crippen LogP contribution in [0, 0.1) is 0 Å². The van der Waals surface area contributed by atoms with Gasteiger partial charge in [-0.3, -0.25) is 14.6 Å². The summed E-state index contributed by atoms with van der Waals surface area (Å²) in [7, 11) is 1.80. The van der Waals surface area contributed by atoms with Gasteiger partial charge in [-0.25, -0.2) is 4.79 Å². The normalized spacial score (nSPS) is 15.8. The van der Waals surface area contributed by atoms with Crippen molar-refractivity contribution in [2.24, 2.45) is 0 Å². The summed E-state index contributed by atoms with van der Waals surface area (Å²) in [6.45, 7) is 1.05. The zero-order chi connectivity index (χ0) is 23.3. The second-order valence-corrected chi connectivity index (χ2v) is 7.36. The molecule has 0 aliphatic carbocycles. The van der Waals surface area contributed by atoms with Crippen molar-refractivity contribution in [1.29, 1.82) is 0 Å². The Balaban J connectivity index is 1.59. The highest BCUT2D eigenvalue weighted by Crippen LogP contribution is 2.25. The summed E-state index contributed by atoms with van der Waals surface area (Å²) in [6.07, 6.45) is 0.689. The van der Waals surface area contributed by atoms with Gasteiger partial charge in [0.05, 0.1) is 6.04 Å². The smallest absolute Gasteiger partial charge is 0.326 e. The molecule has 0 saturated heterocycles. The molecular formula is C20H25N7O5. The van der Waals surface area contributed by atoms with Gasteiger partial charge < -0.3 is 36.5 Å². The molecule has 12 heteroatoms. The van der Waals surface area contributed by atoms with Crippen molar-refractivity contribution in [3.63, 3.8) is 0 Å². The number of carboxylic acids is 1. The molecule has 170 valence electrons. The summed E-state index contributed by atoms with van der Waals surface area (Å²) in [5.41, 5.74) is 6.72. The van der Waals surface area contributed by atoms with Crippen molar-refractivity contribution in [2.45, 2.75) is 24.9 Å². The number of aromatic amines is 1. The Morgan fingerprint density at radius 3 is 2.75 bits per heavy atom. The van der Waals surface area contributed by atoms with E-state index in [0.29, 0.717) is 36.4 Å². The molecule has 0 bridgehead atoms. The maximum Gasteiger partial charge on any atom is 0.326 e. The number of fused-ring (bicyclic) bond motifs is 1. The summed E-state index contributed by atoms with van der Waals surface area (Å²) in [5, 5.41) is 17.9. The van der Waals surface area contributed by atoms with Crippen LogP contribution in [0.2, 0.25) is 0 Å². The monoisotopic (exact) mass is 443 g/mol. The van der Waals surface area contributed by atoms with E-state index in [4.69, 9.17) is 10.8 Å². The Morgan fingerprint density at radius 2 is 2.09 bits per heavy atom. The number of anilines is 4. The van der Waals surface area contributed by atoms with Gasteiger partial charge in [0.25, 0.3) is 11.5 Å². The summed E-state index contributed by atoms with van der Waals surface area (Å²) in [6, 6.07) is 5.38. The zero-order valence-electron chi connectivity index (χ0n) is 17.4. The fraction of sp³-hybridized carbons (Fsp3) is 0.350. The number of benzene rings is 1. The molecule has 1 aromatic carbocycles. The molecule has 12 nitrogen and oxygen atoms in total. The molecule has 0 fully saturated rings. The van der Waals surface area contributed by atoms with E-state index in [1.807, 2.05) is 4.90 Å². The minimum atomic E-state index is -1.19. The number of nitrogens with two attached hydrogens (primary N) is 1. The quantitative estimate of drug-likeness (QED) is 0.285. The van der Waals surface area contributed by atoms with E-state index in [1.165, 1.54) is 0 Å². The highest BCUT2D eigenvalue weighted by molar-refractivity contribution is 5.96. The van der Waals surface area contributed by atoms with Gasteiger partial charge in [0.15, 0.2) is 5.82 Å². The number of carbonyl (C=O) groups excluding carboxylic acids is 2. The lowest BCUT2D eigenvalue weighted by atomic mass is 10.1. The van der Waals surface area contributed by atoms with Crippen molar-refractivity contribution in [2.75, 3.05) is 41.4 Å². The van der Waals surface area contributed by atoms with Crippen LogP contribution < -0.4 is 32.1 Å². The van der Waals surface area contributed by atoms with Gasteiger partial charge >= 0.3 is 5.97 Å². The Hall–Kier alpha value is -4.09. The molecule has 32 heavy (non-hydrogen) atoms. The molecule has 1 aromatic heterocycles. The van der Waals surface area contributed by atoms with Crippen molar-refractivity contribution < 1.29 is 19.5 Å². The molecule has 2 unspecified atom stereocenters. The van der Waals surface area contributed by atoms with Crippen molar-refractivity contribution in [1.82, 2.24) is 15.3 Å². The summed E-state index contributed by atoms with van der Waals surface area (Å²) >= 11 is 0. The van der Waals surface area contributed by atoms with E-state index in [-0.39, 0.29) is 30.4 Å². The van der Waals surface area contributed by atoms with Crippen molar-refractivity contribution in [3.8, 4) is 0 Å². The van der Waals surface area contributed by atoms with Crippen LogP contribution >= 0.6 is 0 Å². The lowest BCUT2D eigenvalue weighted by Crippen LogP contribution is -2.48. The van der Waals surface area contributed by atoms with Gasteiger partial charge in [0.2, 0.25) is 5.95 Å². The number of H-pyrrole nitrogens is 1. The maximum atomic E-state index is 12.3. The highest BCUT2D eigenvalue weighted by Gasteiger charge is 2.27. The summed E-state index contributed by atoms with van der Waals surface area (Å²) in [5.74, 6) is -1.24. The van der Waals surface area contributed by atoms with E-state index in [9.17, 15) is 19.2 Å². The number of rotatable bonds is 9. The topological polar surface area (TPSA) is 183 Å². The number of likely N-dealkylation sites (N-methyl/N-ethyl adjacent to an activating group) is 1. The number of nitrogen functional groups attached to an aromatic ring is 1. The highest BCUT2D eigenvalue weighted by atomic mass is 16.4. The third-order valence-corrected chi connectivity index (χ3v) is 5.18. The number of amides is 1. The van der Waals surface area contributed by atoms with Gasteiger partial charge in [-0.1, -0.05) is 0 Å². The first-order valence-electron chi connectivity index (χ1n) is 9.98. The number of carbonyl (C=O) groups is 3. The number of carboxylic acid groups (broad SMARTS) is 1. The molecule has 2 heterocycles. The third-order valence-electron chi connectivity index (χ3n) is 5.18. The van der Waals surface area contributed by atoms with Gasteiger partial charge in [0, 0.05) is 37.8 Å². The van der Waals surface area contributed by atoms with Crippen LogP contribution in [-0.4, -0.2) is 65.5 Å². The Kier molecular flexibility index (Phi) is 6.93. The summed E-state index contributed by atoms with van der Waals surface area (Å²) < 4.78 is 0. The lowest BCUT2D eigenvalue weighted by Gasteiger charge is -2.35. The Morgan fingerprint density at radius 1 is 1.38 bits per heavy atom. The first-order chi connectivity index (χ1) is 15.3. The van der Waals surface area contributed by atoms with Gasteiger partial charge in [-0.15, -0.1) is 0 Å². The second kappa shape index (κ2) is 9.81. The maximum absolute atomic E-state index is 12.3. The number of nitrogens with one attached hydrogen (secondary N) is 4. The fourth-order valence-corrected chi connectivity index (χ4v) is 3.39. The largest absolute Gasteiger partial charge is 0.480 e. The molecule has 1 aliphatic rings. The standard InChI is InChI=1S/C20H25N7O5/c1-27-13(10-23-16-15(27)18(30)26-20(21)25-16)9-22-12-6-4-11(5-7-12)17(29)24-14(19(31)32)3-2-8-28/h4-8,13-14,22H,2-3,9-10H2,1H3,(H,24,29)(H,31,32)(H4,21,23,25,26,30). The van der Waals surface area contributed by atoms with E-state index >= 15 is 0 Å². The van der Waals surface area contributed by atoms with Crippen LogP contribution in [-0.2, 0) is 9.59 Å². The lowest BCUT2D eigenvalue weighted by molar-refractivity contribution is -0.139. The molecule has 1 amide bonds. The molecule has 2 atom stereocenters. The number of aliphatic carboxylic acids is 1. The summed E-state index contributed by atoms with van der Waals surface area (Å²) in [4.78, 5) is 54.6. The minimum absolute atomic E-state index is 0.0290. The zero-order valence-corrected chi connectivity index (χ0v) is 17.4. The number of hydrogen-bond donors (Lipinski definition) is 6. The minimum Gasteiger partial charge on any atom is -0.480 e. The number of aromatic nitrogens is 2. The van der Waals surface area contributed by atoms with Gasteiger partial charge in [-0.2, -0.15) is 4.98 Å². The predicted octanol–water partition coefficient (Wildman–Crippen LogP) is -0.143. The number of nitrogens with zero attached hydrogens (tertiary/aromatic N) is 2. The number of aldehydes is 1. The average molecular weight is 443 g/mol. The van der Waals surface area contributed by atoms with Crippen LogP contribution in [0.25, 0.3) is 0 Å². The van der Waals surface area contributed by atoms with Crippen LogP contribution in [0.1, 0.15) is 23.2 Å². The number of hydrogen-bond acceptors (Lipinski definition) is 9. The molecule has 1 aliphatic heterocycles. The molecule has 0 spiro atoms. The van der Waals surface area contributed by atoms with Crippen LogP contribution in [0.4, 0.5) is 23.1 Å². The predicted molar refractivity (Wildman–Crippen MR) is 119 cm³/mol. The van der Waals surface area contributed by atoms with Crippen LogP contribution in [0.5, 0.6) is 0 Å². The van der Waals surface area contributed by atoms with Crippen molar-refractivity contribution in [3.05, 3.63) is 40.2 Å².